The van der Waals surface area contributed by atoms with Gasteiger partial charge in [-0.2, -0.15) is 11.8 Å². The standard InChI is InChI=1S/C31H43N2O4PS.C23H45N4O6PS2/c1-25(2)33-38(39,37-30(3,4)5)36-24-23-35-22-21-32-31(26-13-9-7-10-14-26,27-15-11-8-12-16-27)28-17-19-29(34-6)20-18-28;1-6-31-15-13-25-34(35,33-23(2,3)4)32-14-11-17(30-5)10-12-24-20(28)9-7-8-19-21-18(16-36-19)26-22(29)27-21/h7-20,25,32H,21-24H2,1-6H3,(H,33,39);17-19,21H,6-16H2,1-5H3,(H,24,28)(H,25,35)(H2,26,27,29). The Hall–Kier alpha value is -2.55. The Morgan fingerprint density at radius 3 is 1.93 bits per heavy atom. The fourth-order valence-corrected chi connectivity index (χ4v) is 16.3. The van der Waals surface area contributed by atoms with Gasteiger partial charge in [0.1, 0.15) is 5.75 Å². The first-order valence-electron chi connectivity index (χ1n) is 26.2. The van der Waals surface area contributed by atoms with Crippen molar-refractivity contribution < 1.29 is 46.6 Å². The molecule has 3 aromatic rings. The van der Waals surface area contributed by atoms with E-state index in [1.165, 1.54) is 0 Å². The maximum Gasteiger partial charge on any atom is 0.315 e. The zero-order chi connectivity index (χ0) is 55.0. The van der Waals surface area contributed by atoms with Crippen LogP contribution in [0.1, 0.15) is 111 Å². The third-order valence-electron chi connectivity index (χ3n) is 11.7. The summed E-state index contributed by atoms with van der Waals surface area (Å²) in [5.41, 5.74) is 2.00. The van der Waals surface area contributed by atoms with Crippen LogP contribution < -0.4 is 36.2 Å². The van der Waals surface area contributed by atoms with Gasteiger partial charge < -0.3 is 53.0 Å². The molecule has 6 N–H and O–H groups in total. The second-order valence-electron chi connectivity index (χ2n) is 20.5. The van der Waals surface area contributed by atoms with E-state index in [2.05, 4.69) is 92.1 Å². The monoisotopic (exact) mass is 1140 g/mol. The zero-order valence-corrected chi connectivity index (χ0v) is 50.5. The lowest BCUT2D eigenvalue weighted by molar-refractivity contribution is -0.121. The van der Waals surface area contributed by atoms with Gasteiger partial charge >= 0.3 is 6.03 Å². The van der Waals surface area contributed by atoms with Crippen LogP contribution in [0.3, 0.4) is 0 Å². The Labute approximate surface area is 463 Å². The molecule has 422 valence electrons. The van der Waals surface area contributed by atoms with Gasteiger partial charge in [0.15, 0.2) is 0 Å². The van der Waals surface area contributed by atoms with Crippen molar-refractivity contribution in [3.05, 3.63) is 102 Å². The molecule has 2 saturated heterocycles. The third-order valence-corrected chi connectivity index (χ3v) is 19.0. The van der Waals surface area contributed by atoms with Crippen LogP contribution in [0.4, 0.5) is 4.79 Å². The van der Waals surface area contributed by atoms with Gasteiger partial charge in [0.2, 0.25) is 5.91 Å². The normalized spacial score (nSPS) is 18.7. The van der Waals surface area contributed by atoms with Crippen LogP contribution in [0.25, 0.3) is 0 Å². The highest BCUT2D eigenvalue weighted by Gasteiger charge is 2.43. The Bertz CT molecular complexity index is 2170. The smallest absolute Gasteiger partial charge is 0.315 e. The van der Waals surface area contributed by atoms with Gasteiger partial charge in [0, 0.05) is 56.8 Å². The van der Waals surface area contributed by atoms with E-state index in [0.717, 1.165) is 41.0 Å². The molecule has 0 spiro atoms. The van der Waals surface area contributed by atoms with Gasteiger partial charge in [-0.05, 0) is 140 Å². The van der Waals surface area contributed by atoms with Crippen LogP contribution >= 0.6 is 25.0 Å². The van der Waals surface area contributed by atoms with Crippen molar-refractivity contribution in [3.8, 4) is 5.75 Å². The highest BCUT2D eigenvalue weighted by Crippen LogP contribution is 2.49. The van der Waals surface area contributed by atoms with Crippen LogP contribution in [0.2, 0.25) is 0 Å². The molecule has 2 aliphatic heterocycles. The number of carbonyl (C=O) groups is 2. The number of ether oxygens (including phenoxy) is 4. The molecule has 0 aromatic heterocycles. The molecule has 21 heteroatoms. The first-order chi connectivity index (χ1) is 35.6. The fraction of sp³-hybridized carbons (Fsp3) is 0.630. The summed E-state index contributed by atoms with van der Waals surface area (Å²) in [6.45, 7) is 17.1. The molecule has 0 saturated carbocycles. The summed E-state index contributed by atoms with van der Waals surface area (Å²) in [6, 6.07) is 29.7. The van der Waals surface area contributed by atoms with E-state index in [0.29, 0.717) is 83.8 Å². The number of nitrogens with one attached hydrogen (secondary N) is 6. The summed E-state index contributed by atoms with van der Waals surface area (Å²) in [4.78, 5) is 23.8. The van der Waals surface area contributed by atoms with Crippen LogP contribution in [-0.4, -0.2) is 132 Å². The van der Waals surface area contributed by atoms with E-state index < -0.39 is 30.0 Å². The Morgan fingerprint density at radius 1 is 0.747 bits per heavy atom. The van der Waals surface area contributed by atoms with Crippen LogP contribution in [0.5, 0.6) is 5.75 Å². The lowest BCUT2D eigenvalue weighted by atomic mass is 9.77. The number of urea groups is 1. The van der Waals surface area contributed by atoms with Crippen molar-refractivity contribution in [2.24, 2.45) is 0 Å². The van der Waals surface area contributed by atoms with E-state index in [-0.39, 0.29) is 36.2 Å². The summed E-state index contributed by atoms with van der Waals surface area (Å²) in [6.07, 6.45) is 3.48. The first-order valence-corrected chi connectivity index (χ1v) is 32.5. The number of rotatable bonds is 33. The summed E-state index contributed by atoms with van der Waals surface area (Å²) in [5.74, 6) is 1.80. The molecule has 6 unspecified atom stereocenters. The van der Waals surface area contributed by atoms with E-state index in [1.54, 1.807) is 14.2 Å². The van der Waals surface area contributed by atoms with E-state index in [1.807, 2.05) is 98.3 Å². The number of thioether (sulfide) groups is 1. The molecule has 3 amide bonds. The van der Waals surface area contributed by atoms with Crippen LogP contribution in [0, 0.1) is 0 Å². The van der Waals surface area contributed by atoms with Crippen molar-refractivity contribution in [1.29, 1.82) is 0 Å². The van der Waals surface area contributed by atoms with Gasteiger partial charge in [-0.1, -0.05) is 72.8 Å². The molecule has 2 aliphatic rings. The van der Waals surface area contributed by atoms with Gasteiger partial charge in [0.05, 0.1) is 75.1 Å². The number of hydrogen-bond acceptors (Lipinski definition) is 14. The molecule has 0 bridgehead atoms. The molecule has 0 radical (unpaired) electrons. The van der Waals surface area contributed by atoms with Gasteiger partial charge in [-0.3, -0.25) is 10.1 Å². The number of methoxy groups -OCH3 is 2. The zero-order valence-electron chi connectivity index (χ0n) is 46.3. The summed E-state index contributed by atoms with van der Waals surface area (Å²) in [5, 5.41) is 19.7. The van der Waals surface area contributed by atoms with Crippen molar-refractivity contribution in [1.82, 2.24) is 31.4 Å². The number of hydrogen-bond donors (Lipinski definition) is 6. The molecular formula is C54H88N6O10P2S3. The molecule has 75 heavy (non-hydrogen) atoms. The molecule has 3 aromatic carbocycles. The van der Waals surface area contributed by atoms with E-state index in [4.69, 9.17) is 60.7 Å². The average Bonchev–Trinajstić information content (AvgIpc) is 3.91. The Morgan fingerprint density at radius 2 is 1.35 bits per heavy atom. The number of amides is 3. The molecule has 2 heterocycles. The predicted molar refractivity (Wildman–Crippen MR) is 312 cm³/mol. The highest BCUT2D eigenvalue weighted by atomic mass is 32.5. The molecule has 0 aliphatic carbocycles. The van der Waals surface area contributed by atoms with E-state index in [9.17, 15) is 9.59 Å². The lowest BCUT2D eigenvalue weighted by Crippen LogP contribution is -2.46. The quantitative estimate of drug-likeness (QED) is 0.0147. The minimum absolute atomic E-state index is 0.0433. The largest absolute Gasteiger partial charge is 0.497 e. The first kappa shape index (κ1) is 65.0. The number of carbonyl (C=O) groups excluding carboxylic acids is 2. The van der Waals surface area contributed by atoms with Crippen molar-refractivity contribution >= 4 is 60.6 Å². The SMILES string of the molecule is CCOCCNP(=S)(OCCC(CCNC(=O)CCCC1SCC2NC(=O)NC21)OC)OC(C)(C)C.COc1ccc(C(NCCOCCOP(=S)(NC(C)C)OC(C)(C)C)(c2ccccc2)c2ccccc2)cc1. The van der Waals surface area contributed by atoms with Crippen molar-refractivity contribution in [2.45, 2.75) is 141 Å². The van der Waals surface area contributed by atoms with Crippen LogP contribution in [0.15, 0.2) is 84.9 Å². The maximum absolute atomic E-state index is 12.3. The number of benzene rings is 3. The molecule has 16 nitrogen and oxygen atoms in total. The molecular weight excluding hydrogens is 1050 g/mol. The fourth-order valence-electron chi connectivity index (χ4n) is 8.54. The summed E-state index contributed by atoms with van der Waals surface area (Å²) >= 11 is 13.3. The summed E-state index contributed by atoms with van der Waals surface area (Å²) in [7, 11) is 3.35. The third kappa shape index (κ3) is 23.4. The van der Waals surface area contributed by atoms with E-state index >= 15 is 0 Å². The highest BCUT2D eigenvalue weighted by molar-refractivity contribution is 8.09. The Kier molecular flexibility index (Phi) is 28.2. The minimum Gasteiger partial charge on any atom is -0.497 e. The molecule has 2 fully saturated rings. The second-order valence-corrected chi connectivity index (χ2v) is 28.1. The van der Waals surface area contributed by atoms with Gasteiger partial charge in [0.25, 0.3) is 13.3 Å². The van der Waals surface area contributed by atoms with Crippen LogP contribution in [-0.2, 0) is 66.3 Å². The van der Waals surface area contributed by atoms with Crippen molar-refractivity contribution in [3.63, 3.8) is 0 Å². The number of fused-ring (bicyclic) bond motifs is 1. The molecule has 5 rings (SSSR count). The average molecular weight is 1140 g/mol. The molecule has 6 atom stereocenters. The maximum atomic E-state index is 12.3. The second kappa shape index (κ2) is 32.5. The summed E-state index contributed by atoms with van der Waals surface area (Å²) < 4.78 is 46.6. The Balaban J connectivity index is 0.000000326. The van der Waals surface area contributed by atoms with Gasteiger partial charge in [-0.25, -0.2) is 15.0 Å². The topological polar surface area (TPSA) is 180 Å². The van der Waals surface area contributed by atoms with Gasteiger partial charge in [-0.15, -0.1) is 0 Å². The predicted octanol–water partition coefficient (Wildman–Crippen LogP) is 9.56. The van der Waals surface area contributed by atoms with Crippen molar-refractivity contribution in [2.75, 3.05) is 79.2 Å². The lowest BCUT2D eigenvalue weighted by Gasteiger charge is -2.37. The minimum atomic E-state index is -2.67.